The molecule has 0 amide bonds. The van der Waals surface area contributed by atoms with Crippen molar-refractivity contribution in [3.05, 3.63) is 53.4 Å². The van der Waals surface area contributed by atoms with Crippen molar-refractivity contribution in [2.24, 2.45) is 4.99 Å². The summed E-state index contributed by atoms with van der Waals surface area (Å²) in [5, 5.41) is 8.87. The molecule has 0 radical (unpaired) electrons. The predicted octanol–water partition coefficient (Wildman–Crippen LogP) is 3.31. The van der Waals surface area contributed by atoms with Crippen LogP contribution in [-0.2, 0) is 0 Å². The highest BCUT2D eigenvalue weighted by atomic mass is 19.1. The van der Waals surface area contributed by atoms with Gasteiger partial charge >= 0.3 is 0 Å². The summed E-state index contributed by atoms with van der Waals surface area (Å²) in [7, 11) is 0. The van der Waals surface area contributed by atoms with Gasteiger partial charge in [-0.25, -0.2) is 4.39 Å². The largest absolute Gasteiger partial charge is 0.264 e. The fourth-order valence-corrected chi connectivity index (χ4v) is 1.27. The quantitative estimate of drug-likeness (QED) is 0.561. The highest BCUT2D eigenvalue weighted by molar-refractivity contribution is 5.73. The van der Waals surface area contributed by atoms with E-state index in [1.165, 1.54) is 6.07 Å². The molecular formula is C13H11FN2. The summed E-state index contributed by atoms with van der Waals surface area (Å²) in [6.45, 7) is 5.27. The molecule has 0 saturated heterocycles. The lowest BCUT2D eigenvalue weighted by Crippen LogP contribution is -1.91. The summed E-state index contributed by atoms with van der Waals surface area (Å²) in [5.74, 6) is -0.546. The molecule has 0 bridgehead atoms. The predicted molar refractivity (Wildman–Crippen MR) is 63.5 cm³/mol. The van der Waals surface area contributed by atoms with Crippen LogP contribution < -0.4 is 0 Å². The van der Waals surface area contributed by atoms with Gasteiger partial charge in [-0.3, -0.25) is 4.99 Å². The number of nitriles is 1. The number of hydrogen-bond acceptors (Lipinski definition) is 2. The Morgan fingerprint density at radius 3 is 2.88 bits per heavy atom. The molecule has 1 rings (SSSR count). The smallest absolute Gasteiger partial charge is 0.141 e. The van der Waals surface area contributed by atoms with E-state index in [0.717, 1.165) is 0 Å². The van der Waals surface area contributed by atoms with E-state index >= 15 is 0 Å². The summed E-state index contributed by atoms with van der Waals surface area (Å²) in [6, 6.07) is 6.26. The lowest BCUT2D eigenvalue weighted by Gasteiger charge is -2.03. The summed E-state index contributed by atoms with van der Waals surface area (Å²) in [4.78, 5) is 3.79. The van der Waals surface area contributed by atoms with Gasteiger partial charge in [-0.15, -0.1) is 0 Å². The second kappa shape index (κ2) is 5.62. The van der Waals surface area contributed by atoms with Crippen LogP contribution in [0.25, 0.3) is 5.70 Å². The van der Waals surface area contributed by atoms with Crippen LogP contribution in [0.15, 0.2) is 41.4 Å². The topological polar surface area (TPSA) is 36.1 Å². The lowest BCUT2D eigenvalue weighted by molar-refractivity contribution is 0.623. The first-order valence-corrected chi connectivity index (χ1v) is 4.73. The van der Waals surface area contributed by atoms with Crippen LogP contribution in [0.4, 0.5) is 4.39 Å². The third-order valence-corrected chi connectivity index (χ3v) is 2.02. The Morgan fingerprint density at radius 2 is 2.31 bits per heavy atom. The molecule has 3 heteroatoms. The Kier molecular flexibility index (Phi) is 4.16. The van der Waals surface area contributed by atoms with Gasteiger partial charge in [0, 0.05) is 5.56 Å². The van der Waals surface area contributed by atoms with E-state index < -0.39 is 5.82 Å². The minimum absolute atomic E-state index is 0.00865. The Labute approximate surface area is 94.1 Å². The van der Waals surface area contributed by atoms with Gasteiger partial charge in [0.1, 0.15) is 11.9 Å². The molecule has 0 saturated carbocycles. The third kappa shape index (κ3) is 2.43. The zero-order valence-electron chi connectivity index (χ0n) is 8.94. The molecule has 2 nitrogen and oxygen atoms in total. The summed E-state index contributed by atoms with van der Waals surface area (Å²) in [5.41, 5.74) is 0.926. The number of rotatable bonds is 3. The van der Waals surface area contributed by atoms with E-state index in [0.29, 0.717) is 11.3 Å². The van der Waals surface area contributed by atoms with E-state index in [1.807, 2.05) is 19.1 Å². The molecule has 80 valence electrons. The van der Waals surface area contributed by atoms with Gasteiger partial charge in [0.2, 0.25) is 0 Å². The Bertz CT molecular complexity index is 493. The van der Waals surface area contributed by atoms with Crippen LogP contribution >= 0.6 is 0 Å². The van der Waals surface area contributed by atoms with Gasteiger partial charge in [0.05, 0.1) is 11.3 Å². The van der Waals surface area contributed by atoms with Crippen molar-refractivity contribution < 1.29 is 4.39 Å². The van der Waals surface area contributed by atoms with Crippen molar-refractivity contribution in [3.63, 3.8) is 0 Å². The van der Waals surface area contributed by atoms with Crippen LogP contribution in [0.3, 0.4) is 0 Å². The van der Waals surface area contributed by atoms with E-state index in [1.54, 1.807) is 24.3 Å². The number of hydrogen-bond donors (Lipinski definition) is 0. The van der Waals surface area contributed by atoms with E-state index in [-0.39, 0.29) is 5.56 Å². The molecule has 1 aromatic rings. The molecule has 0 aliphatic rings. The van der Waals surface area contributed by atoms with Crippen molar-refractivity contribution in [2.75, 3.05) is 0 Å². The first-order chi connectivity index (χ1) is 7.74. The van der Waals surface area contributed by atoms with E-state index in [9.17, 15) is 4.39 Å². The molecule has 0 atom stereocenters. The van der Waals surface area contributed by atoms with Crippen LogP contribution in [0.2, 0.25) is 0 Å². The molecule has 0 aliphatic carbocycles. The highest BCUT2D eigenvalue weighted by Crippen LogP contribution is 2.21. The first-order valence-electron chi connectivity index (χ1n) is 4.73. The molecule has 1 aromatic carbocycles. The number of benzene rings is 1. The van der Waals surface area contributed by atoms with Crippen LogP contribution in [0.5, 0.6) is 0 Å². The van der Waals surface area contributed by atoms with E-state index in [2.05, 4.69) is 11.7 Å². The molecule has 0 unspecified atom stereocenters. The second-order valence-corrected chi connectivity index (χ2v) is 3.01. The van der Waals surface area contributed by atoms with Crippen LogP contribution in [0, 0.1) is 17.1 Å². The van der Waals surface area contributed by atoms with E-state index in [4.69, 9.17) is 5.26 Å². The minimum atomic E-state index is -0.546. The van der Waals surface area contributed by atoms with Crippen molar-refractivity contribution in [1.29, 1.82) is 5.26 Å². The molecule has 0 aliphatic heterocycles. The number of nitrogens with zero attached hydrogens (tertiary/aromatic N) is 2. The van der Waals surface area contributed by atoms with Gasteiger partial charge in [-0.05, 0) is 25.8 Å². The number of aliphatic imine (C=N–C) groups is 1. The maximum absolute atomic E-state index is 13.3. The maximum Gasteiger partial charge on any atom is 0.141 e. The van der Waals surface area contributed by atoms with Gasteiger partial charge in [0.25, 0.3) is 0 Å². The molecule has 0 spiro atoms. The average Bonchev–Trinajstić information content (AvgIpc) is 2.30. The molecule has 0 N–H and O–H groups in total. The van der Waals surface area contributed by atoms with Crippen molar-refractivity contribution in [2.45, 2.75) is 6.92 Å². The Morgan fingerprint density at radius 1 is 1.56 bits per heavy atom. The van der Waals surface area contributed by atoms with Gasteiger partial charge in [-0.2, -0.15) is 5.26 Å². The average molecular weight is 214 g/mol. The lowest BCUT2D eigenvalue weighted by atomic mass is 10.0. The van der Waals surface area contributed by atoms with Gasteiger partial charge < -0.3 is 0 Å². The van der Waals surface area contributed by atoms with Crippen LogP contribution in [0.1, 0.15) is 18.1 Å². The first kappa shape index (κ1) is 11.9. The SMILES string of the molecule is C=N/C(=C\C=C/C)c1cccc(F)c1C#N. The third-order valence-electron chi connectivity index (χ3n) is 2.02. The summed E-state index contributed by atoms with van der Waals surface area (Å²) in [6.07, 6.45) is 5.26. The molecular weight excluding hydrogens is 203 g/mol. The Hall–Kier alpha value is -2.21. The fraction of sp³-hybridized carbons (Fsp3) is 0.0769. The zero-order chi connectivity index (χ0) is 12.0. The minimum Gasteiger partial charge on any atom is -0.264 e. The van der Waals surface area contributed by atoms with Gasteiger partial charge in [0.15, 0.2) is 0 Å². The molecule has 0 fully saturated rings. The number of halogens is 1. The standard InChI is InChI=1S/C13H11FN2/c1-3-4-8-13(16-2)10-6-5-7-12(14)11(10)9-15/h3-8H,2H2,1H3/b4-3-,13-8-. The van der Waals surface area contributed by atoms with Gasteiger partial charge in [-0.1, -0.05) is 24.3 Å². The second-order valence-electron chi connectivity index (χ2n) is 3.01. The molecule has 16 heavy (non-hydrogen) atoms. The van der Waals surface area contributed by atoms with Crippen molar-refractivity contribution in [3.8, 4) is 6.07 Å². The normalized spacial score (nSPS) is 11.4. The highest BCUT2D eigenvalue weighted by Gasteiger charge is 2.09. The molecule has 0 heterocycles. The maximum atomic E-state index is 13.3. The monoisotopic (exact) mass is 214 g/mol. The molecule has 0 aromatic heterocycles. The number of allylic oxidation sites excluding steroid dienone is 3. The van der Waals surface area contributed by atoms with Crippen molar-refractivity contribution >= 4 is 12.4 Å². The van der Waals surface area contributed by atoms with Crippen LogP contribution in [-0.4, -0.2) is 6.72 Å². The van der Waals surface area contributed by atoms with Crippen molar-refractivity contribution in [1.82, 2.24) is 0 Å². The fourth-order valence-electron chi connectivity index (χ4n) is 1.27. The zero-order valence-corrected chi connectivity index (χ0v) is 8.94. The Balaban J connectivity index is 3.37. The summed E-state index contributed by atoms with van der Waals surface area (Å²) >= 11 is 0. The summed E-state index contributed by atoms with van der Waals surface area (Å²) < 4.78 is 13.3.